The summed E-state index contributed by atoms with van der Waals surface area (Å²) in [4.78, 5) is 13.6. The van der Waals surface area contributed by atoms with Gasteiger partial charge in [-0.15, -0.1) is 0 Å². The van der Waals surface area contributed by atoms with Crippen molar-refractivity contribution in [3.05, 3.63) is 22.5 Å². The van der Waals surface area contributed by atoms with E-state index in [1.807, 2.05) is 19.2 Å². The molecular weight excluding hydrogens is 286 g/mol. The number of aromatic nitrogens is 1. The molecule has 0 bridgehead atoms. The fraction of sp³-hybridized carbons (Fsp3) is 0.625. The topological polar surface area (TPSA) is 51.3 Å². The molecule has 0 aromatic carbocycles. The summed E-state index contributed by atoms with van der Waals surface area (Å²) in [7, 11) is 0. The van der Waals surface area contributed by atoms with Crippen LogP contribution < -0.4 is 4.74 Å². The van der Waals surface area contributed by atoms with Crippen molar-refractivity contribution in [2.75, 3.05) is 13.2 Å². The van der Waals surface area contributed by atoms with Crippen molar-refractivity contribution in [2.24, 2.45) is 0 Å². The van der Waals surface area contributed by atoms with E-state index in [0.29, 0.717) is 6.61 Å². The van der Waals surface area contributed by atoms with Crippen LogP contribution in [0.5, 0.6) is 5.75 Å². The first-order valence-corrected chi connectivity index (χ1v) is 7.96. The molecule has 0 atom stereocenters. The highest BCUT2D eigenvalue weighted by molar-refractivity contribution is 7.71. The summed E-state index contributed by atoms with van der Waals surface area (Å²) in [5.74, 6) is 0.684. The van der Waals surface area contributed by atoms with Crippen molar-refractivity contribution in [3.8, 4) is 5.75 Å². The first-order chi connectivity index (χ1) is 10.1. The van der Waals surface area contributed by atoms with E-state index in [0.717, 1.165) is 48.2 Å². The molecule has 5 heteroatoms. The van der Waals surface area contributed by atoms with Gasteiger partial charge in [0, 0.05) is 18.7 Å². The molecule has 0 amide bonds. The average Bonchev–Trinajstić information content (AvgIpc) is 2.45. The maximum absolute atomic E-state index is 10.6. The molecule has 1 aromatic rings. The molecule has 0 unspecified atom stereocenters. The first-order valence-electron chi connectivity index (χ1n) is 7.55. The maximum Gasteiger partial charge on any atom is 0.302 e. The van der Waals surface area contributed by atoms with Crippen LogP contribution in [0.3, 0.4) is 0 Å². The van der Waals surface area contributed by atoms with Crippen LogP contribution in [0.15, 0.2) is 12.3 Å². The Morgan fingerprint density at radius 2 is 1.76 bits per heavy atom. The molecule has 1 rings (SSSR count). The Bertz CT molecular complexity index is 485. The first kappa shape index (κ1) is 17.7. The predicted octanol–water partition coefficient (Wildman–Crippen LogP) is 4.34. The quantitative estimate of drug-likeness (QED) is 0.397. The van der Waals surface area contributed by atoms with Crippen LogP contribution >= 0.6 is 12.2 Å². The van der Waals surface area contributed by atoms with E-state index >= 15 is 0 Å². The van der Waals surface area contributed by atoms with Crippen molar-refractivity contribution in [3.63, 3.8) is 0 Å². The highest BCUT2D eigenvalue weighted by atomic mass is 32.1. The molecule has 1 N–H and O–H groups in total. The lowest BCUT2D eigenvalue weighted by Crippen LogP contribution is -2.00. The van der Waals surface area contributed by atoms with E-state index in [-0.39, 0.29) is 5.97 Å². The Kier molecular flexibility index (Phi) is 8.74. The van der Waals surface area contributed by atoms with Gasteiger partial charge in [-0.3, -0.25) is 4.79 Å². The number of hydrogen-bond acceptors (Lipinski definition) is 4. The number of ether oxygens (including phenoxy) is 2. The molecule has 4 nitrogen and oxygen atoms in total. The number of nitrogens with one attached hydrogen (secondary N) is 1. The zero-order chi connectivity index (χ0) is 15.5. The summed E-state index contributed by atoms with van der Waals surface area (Å²) in [5.41, 5.74) is 0.998. The van der Waals surface area contributed by atoms with E-state index in [1.165, 1.54) is 19.8 Å². The van der Waals surface area contributed by atoms with Gasteiger partial charge in [-0.2, -0.15) is 0 Å². The van der Waals surface area contributed by atoms with Gasteiger partial charge in [-0.25, -0.2) is 0 Å². The number of rotatable bonds is 10. The largest absolute Gasteiger partial charge is 0.493 e. The minimum absolute atomic E-state index is 0.191. The molecule has 21 heavy (non-hydrogen) atoms. The Morgan fingerprint density at radius 3 is 2.43 bits per heavy atom. The Balaban J connectivity index is 1.99. The van der Waals surface area contributed by atoms with Gasteiger partial charge in [0.25, 0.3) is 0 Å². The summed E-state index contributed by atoms with van der Waals surface area (Å²) in [6.45, 7) is 4.69. The number of H-pyrrole nitrogens is 1. The fourth-order valence-corrected chi connectivity index (χ4v) is 2.17. The second kappa shape index (κ2) is 10.4. The normalized spacial score (nSPS) is 10.4. The number of esters is 1. The number of aromatic amines is 1. The molecule has 0 radical (unpaired) electrons. The van der Waals surface area contributed by atoms with Crippen LogP contribution in [0.25, 0.3) is 0 Å². The minimum Gasteiger partial charge on any atom is -0.493 e. The van der Waals surface area contributed by atoms with Gasteiger partial charge >= 0.3 is 5.97 Å². The van der Waals surface area contributed by atoms with Crippen molar-refractivity contribution in [1.29, 1.82) is 0 Å². The van der Waals surface area contributed by atoms with Crippen molar-refractivity contribution < 1.29 is 14.3 Å². The average molecular weight is 311 g/mol. The summed E-state index contributed by atoms with van der Waals surface area (Å²) in [5, 5.41) is 0. The molecule has 0 saturated carbocycles. The highest BCUT2D eigenvalue weighted by Gasteiger charge is 2.00. The lowest BCUT2D eigenvalue weighted by molar-refractivity contribution is -0.141. The Hall–Kier alpha value is -1.36. The Labute approximate surface area is 131 Å². The standard InChI is InChI=1S/C16H25NO3S/c1-13-15(9-10-17-16(13)21)20-12-8-6-4-3-5-7-11-19-14(2)18/h9-10H,3-8,11-12H2,1-2H3,(H,17,21). The van der Waals surface area contributed by atoms with Crippen LogP contribution in [-0.2, 0) is 9.53 Å². The van der Waals surface area contributed by atoms with E-state index < -0.39 is 0 Å². The van der Waals surface area contributed by atoms with Gasteiger partial charge in [-0.05, 0) is 25.8 Å². The predicted molar refractivity (Wildman–Crippen MR) is 86.2 cm³/mol. The van der Waals surface area contributed by atoms with E-state index in [9.17, 15) is 4.79 Å². The number of carbonyl (C=O) groups excluding carboxylic acids is 1. The molecule has 0 aliphatic rings. The molecule has 1 heterocycles. The molecule has 1 aromatic heterocycles. The number of hydrogen-bond donors (Lipinski definition) is 1. The molecule has 118 valence electrons. The van der Waals surface area contributed by atoms with Gasteiger partial charge in [0.2, 0.25) is 0 Å². The molecule has 0 aliphatic heterocycles. The van der Waals surface area contributed by atoms with Gasteiger partial charge < -0.3 is 14.5 Å². The lowest BCUT2D eigenvalue weighted by atomic mass is 10.1. The van der Waals surface area contributed by atoms with E-state index in [2.05, 4.69) is 4.98 Å². The van der Waals surface area contributed by atoms with Crippen molar-refractivity contribution >= 4 is 18.2 Å². The van der Waals surface area contributed by atoms with Gasteiger partial charge in [0.15, 0.2) is 0 Å². The van der Waals surface area contributed by atoms with Gasteiger partial charge in [-0.1, -0.05) is 37.9 Å². The third kappa shape index (κ3) is 7.85. The minimum atomic E-state index is -0.191. The maximum atomic E-state index is 10.6. The number of unbranched alkanes of at least 4 members (excludes halogenated alkanes) is 5. The number of carbonyl (C=O) groups is 1. The van der Waals surface area contributed by atoms with E-state index in [4.69, 9.17) is 21.7 Å². The summed E-state index contributed by atoms with van der Waals surface area (Å²) in [6, 6.07) is 1.92. The fourth-order valence-electron chi connectivity index (χ4n) is 2.00. The zero-order valence-corrected chi connectivity index (χ0v) is 13.8. The van der Waals surface area contributed by atoms with Crippen molar-refractivity contribution in [1.82, 2.24) is 4.98 Å². The van der Waals surface area contributed by atoms with E-state index in [1.54, 1.807) is 0 Å². The summed E-state index contributed by atoms with van der Waals surface area (Å²) in [6.07, 6.45) is 8.46. The van der Waals surface area contributed by atoms with Crippen LogP contribution in [0.1, 0.15) is 51.0 Å². The highest BCUT2D eigenvalue weighted by Crippen LogP contribution is 2.17. The van der Waals surface area contributed by atoms with Gasteiger partial charge in [0.1, 0.15) is 10.4 Å². The molecule has 0 saturated heterocycles. The molecule has 0 fully saturated rings. The smallest absolute Gasteiger partial charge is 0.302 e. The summed E-state index contributed by atoms with van der Waals surface area (Å²) >= 11 is 5.16. The third-order valence-electron chi connectivity index (χ3n) is 3.26. The SMILES string of the molecule is CC(=O)OCCCCCCCCOc1cc[nH]c(=S)c1C. The van der Waals surface area contributed by atoms with Gasteiger partial charge in [0.05, 0.1) is 13.2 Å². The summed E-state index contributed by atoms with van der Waals surface area (Å²) < 4.78 is 11.4. The lowest BCUT2D eigenvalue weighted by Gasteiger charge is -2.08. The van der Waals surface area contributed by atoms with Crippen LogP contribution in [0.4, 0.5) is 0 Å². The second-order valence-corrected chi connectivity index (χ2v) is 5.51. The van der Waals surface area contributed by atoms with Crippen LogP contribution in [0, 0.1) is 11.6 Å². The monoisotopic (exact) mass is 311 g/mol. The second-order valence-electron chi connectivity index (χ2n) is 5.11. The van der Waals surface area contributed by atoms with Crippen molar-refractivity contribution in [2.45, 2.75) is 52.4 Å². The molecule has 0 aliphatic carbocycles. The number of pyridine rings is 1. The molecular formula is C16H25NO3S. The van der Waals surface area contributed by atoms with Crippen LogP contribution in [0.2, 0.25) is 0 Å². The molecule has 0 spiro atoms. The Morgan fingerprint density at radius 1 is 1.14 bits per heavy atom. The van der Waals surface area contributed by atoms with Crippen LogP contribution in [-0.4, -0.2) is 24.2 Å². The third-order valence-corrected chi connectivity index (χ3v) is 3.68. The zero-order valence-electron chi connectivity index (χ0n) is 12.9.